The van der Waals surface area contributed by atoms with E-state index in [9.17, 15) is 4.39 Å². The van der Waals surface area contributed by atoms with Gasteiger partial charge in [-0.2, -0.15) is 5.10 Å². The van der Waals surface area contributed by atoms with Crippen molar-refractivity contribution < 1.29 is 13.9 Å². The van der Waals surface area contributed by atoms with E-state index in [4.69, 9.17) is 9.47 Å². The molecule has 1 N–H and O–H groups in total. The van der Waals surface area contributed by atoms with Gasteiger partial charge in [0.1, 0.15) is 11.6 Å². The Balaban J connectivity index is 1.82. The summed E-state index contributed by atoms with van der Waals surface area (Å²) in [5.41, 5.74) is 0.485. The number of nitrogens with one attached hydrogen (secondary N) is 1. The summed E-state index contributed by atoms with van der Waals surface area (Å²) in [5.74, 6) is 0.578. The molecule has 6 heteroatoms. The first-order valence-electron chi connectivity index (χ1n) is 6.40. The van der Waals surface area contributed by atoms with Gasteiger partial charge in [0, 0.05) is 30.9 Å². The van der Waals surface area contributed by atoms with Gasteiger partial charge in [0.15, 0.2) is 0 Å². The number of benzene rings is 1. The lowest BCUT2D eigenvalue weighted by Gasteiger charge is -2.24. The Morgan fingerprint density at radius 1 is 1.35 bits per heavy atom. The van der Waals surface area contributed by atoms with Gasteiger partial charge in [-0.3, -0.25) is 0 Å². The fraction of sp³-hybridized carbons (Fsp3) is 0.286. The van der Waals surface area contributed by atoms with Gasteiger partial charge in [0.05, 0.1) is 12.7 Å². The standard InChI is InChI=1S/C14H14FN3O2/c15-12-4-3-10(20-14-2-1-5-17-18-14)8-11(12)13-9-16-6-7-19-13/h1-5,8,13,16H,6-7,9H2/t13-/m1/s1. The van der Waals surface area contributed by atoms with Gasteiger partial charge >= 0.3 is 0 Å². The van der Waals surface area contributed by atoms with Crippen molar-refractivity contribution in [2.45, 2.75) is 6.10 Å². The second-order valence-corrected chi connectivity index (χ2v) is 4.41. The van der Waals surface area contributed by atoms with Crippen LogP contribution in [0, 0.1) is 5.82 Å². The fourth-order valence-electron chi connectivity index (χ4n) is 2.06. The highest BCUT2D eigenvalue weighted by Gasteiger charge is 2.20. The van der Waals surface area contributed by atoms with Gasteiger partial charge in [-0.1, -0.05) is 0 Å². The number of hydrogen-bond acceptors (Lipinski definition) is 5. The predicted molar refractivity (Wildman–Crippen MR) is 70.1 cm³/mol. The summed E-state index contributed by atoms with van der Waals surface area (Å²) in [6.07, 6.45) is 1.26. The summed E-state index contributed by atoms with van der Waals surface area (Å²) < 4.78 is 25.0. The molecule has 104 valence electrons. The minimum Gasteiger partial charge on any atom is -0.438 e. The monoisotopic (exact) mass is 275 g/mol. The molecule has 2 aromatic rings. The first-order valence-corrected chi connectivity index (χ1v) is 6.40. The van der Waals surface area contributed by atoms with Crippen molar-refractivity contribution in [3.63, 3.8) is 0 Å². The number of ether oxygens (including phenoxy) is 2. The molecule has 1 aromatic heterocycles. The van der Waals surface area contributed by atoms with Crippen LogP contribution in [0.15, 0.2) is 36.5 Å². The lowest BCUT2D eigenvalue weighted by molar-refractivity contribution is 0.0254. The number of rotatable bonds is 3. The molecule has 1 aliphatic heterocycles. The predicted octanol–water partition coefficient (Wildman–Crippen LogP) is 2.07. The first-order chi connectivity index (χ1) is 9.83. The molecule has 0 spiro atoms. The summed E-state index contributed by atoms with van der Waals surface area (Å²) in [6, 6.07) is 7.99. The third-order valence-electron chi connectivity index (χ3n) is 3.01. The van der Waals surface area contributed by atoms with Crippen molar-refractivity contribution in [1.82, 2.24) is 15.5 Å². The van der Waals surface area contributed by atoms with Crippen LogP contribution in [0.2, 0.25) is 0 Å². The normalized spacial score (nSPS) is 18.8. The lowest BCUT2D eigenvalue weighted by atomic mass is 10.1. The summed E-state index contributed by atoms with van der Waals surface area (Å²) >= 11 is 0. The highest BCUT2D eigenvalue weighted by molar-refractivity contribution is 5.34. The maximum Gasteiger partial charge on any atom is 0.238 e. The van der Waals surface area contributed by atoms with Gasteiger partial charge in [-0.05, 0) is 24.3 Å². The van der Waals surface area contributed by atoms with Gasteiger partial charge in [-0.15, -0.1) is 5.10 Å². The summed E-state index contributed by atoms with van der Waals surface area (Å²) in [4.78, 5) is 0. The smallest absolute Gasteiger partial charge is 0.238 e. The third kappa shape index (κ3) is 2.92. The molecular weight excluding hydrogens is 261 g/mol. The molecule has 0 amide bonds. The van der Waals surface area contributed by atoms with E-state index >= 15 is 0 Å². The highest BCUT2D eigenvalue weighted by Crippen LogP contribution is 2.27. The molecule has 3 rings (SSSR count). The van der Waals surface area contributed by atoms with Crippen LogP contribution in [0.4, 0.5) is 4.39 Å². The molecule has 1 atom stereocenters. The van der Waals surface area contributed by atoms with Gasteiger partial charge in [0.2, 0.25) is 5.88 Å². The van der Waals surface area contributed by atoms with Crippen molar-refractivity contribution >= 4 is 0 Å². The number of hydrogen-bond donors (Lipinski definition) is 1. The second-order valence-electron chi connectivity index (χ2n) is 4.41. The van der Waals surface area contributed by atoms with E-state index in [2.05, 4.69) is 15.5 Å². The maximum atomic E-state index is 13.9. The Bertz CT molecular complexity index is 574. The maximum absolute atomic E-state index is 13.9. The topological polar surface area (TPSA) is 56.3 Å². The van der Waals surface area contributed by atoms with Crippen molar-refractivity contribution in [1.29, 1.82) is 0 Å². The fourth-order valence-corrected chi connectivity index (χ4v) is 2.06. The Kier molecular flexibility index (Phi) is 3.85. The van der Waals surface area contributed by atoms with Crippen LogP contribution >= 0.6 is 0 Å². The van der Waals surface area contributed by atoms with Gasteiger partial charge in [0.25, 0.3) is 0 Å². The summed E-state index contributed by atoms with van der Waals surface area (Å²) in [6.45, 7) is 1.94. The average Bonchev–Trinajstić information content (AvgIpc) is 2.51. The Labute approximate surface area is 115 Å². The van der Waals surface area contributed by atoms with Crippen LogP contribution in [0.5, 0.6) is 11.6 Å². The first kappa shape index (κ1) is 13.0. The number of morpholine rings is 1. The molecule has 0 saturated carbocycles. The largest absolute Gasteiger partial charge is 0.438 e. The van der Waals surface area contributed by atoms with E-state index < -0.39 is 0 Å². The van der Waals surface area contributed by atoms with E-state index in [1.165, 1.54) is 6.07 Å². The van der Waals surface area contributed by atoms with Crippen LogP contribution in [0.3, 0.4) is 0 Å². The quantitative estimate of drug-likeness (QED) is 0.929. The minimum atomic E-state index is -0.301. The molecule has 0 radical (unpaired) electrons. The zero-order valence-corrected chi connectivity index (χ0v) is 10.8. The number of nitrogens with zero attached hydrogens (tertiary/aromatic N) is 2. The molecule has 20 heavy (non-hydrogen) atoms. The van der Waals surface area contributed by atoms with E-state index in [1.54, 1.807) is 30.5 Å². The molecule has 0 aliphatic carbocycles. The SMILES string of the molecule is Fc1ccc(Oc2cccnn2)cc1[C@H]1CNCCO1. The van der Waals surface area contributed by atoms with Crippen molar-refractivity contribution in [3.8, 4) is 11.6 Å². The molecule has 1 saturated heterocycles. The van der Waals surface area contributed by atoms with Crippen molar-refractivity contribution in [3.05, 3.63) is 47.9 Å². The van der Waals surface area contributed by atoms with Crippen LogP contribution in [0.1, 0.15) is 11.7 Å². The molecule has 0 unspecified atom stereocenters. The van der Waals surface area contributed by atoms with Gasteiger partial charge < -0.3 is 14.8 Å². The van der Waals surface area contributed by atoms with Gasteiger partial charge in [-0.25, -0.2) is 4.39 Å². The van der Waals surface area contributed by atoms with Crippen molar-refractivity contribution in [2.24, 2.45) is 0 Å². The number of aromatic nitrogens is 2. The molecular formula is C14H14FN3O2. The zero-order chi connectivity index (χ0) is 13.8. The molecule has 1 fully saturated rings. The molecule has 1 aliphatic rings. The van der Waals surface area contributed by atoms with Crippen LogP contribution in [-0.2, 0) is 4.74 Å². The number of halogens is 1. The molecule has 5 nitrogen and oxygen atoms in total. The van der Waals surface area contributed by atoms with E-state index in [0.29, 0.717) is 30.3 Å². The van der Waals surface area contributed by atoms with Crippen LogP contribution in [-0.4, -0.2) is 29.9 Å². The van der Waals surface area contributed by atoms with E-state index in [0.717, 1.165) is 6.54 Å². The summed E-state index contributed by atoms with van der Waals surface area (Å²) in [7, 11) is 0. The van der Waals surface area contributed by atoms with Crippen LogP contribution in [0.25, 0.3) is 0 Å². The Morgan fingerprint density at radius 3 is 3.05 bits per heavy atom. The zero-order valence-electron chi connectivity index (χ0n) is 10.8. The van der Waals surface area contributed by atoms with E-state index in [-0.39, 0.29) is 11.9 Å². The van der Waals surface area contributed by atoms with Crippen molar-refractivity contribution in [2.75, 3.05) is 19.7 Å². The molecule has 1 aromatic carbocycles. The minimum absolute atomic E-state index is 0.297. The second kappa shape index (κ2) is 5.94. The van der Waals surface area contributed by atoms with E-state index in [1.807, 2.05) is 0 Å². The van der Waals surface area contributed by atoms with Crippen LogP contribution < -0.4 is 10.1 Å². The lowest BCUT2D eigenvalue weighted by Crippen LogP contribution is -2.33. The Hall–Kier alpha value is -2.05. The molecule has 0 bridgehead atoms. The summed E-state index contributed by atoms with van der Waals surface area (Å²) in [5, 5.41) is 10.7. The average molecular weight is 275 g/mol. The Morgan fingerprint density at radius 2 is 2.30 bits per heavy atom. The third-order valence-corrected chi connectivity index (χ3v) is 3.01. The molecule has 2 heterocycles. The highest BCUT2D eigenvalue weighted by atomic mass is 19.1.